The summed E-state index contributed by atoms with van der Waals surface area (Å²) in [6.07, 6.45) is 6.40. The van der Waals surface area contributed by atoms with Crippen molar-refractivity contribution in [3.05, 3.63) is 102 Å². The minimum Gasteiger partial charge on any atom is -0.452 e. The van der Waals surface area contributed by atoms with Gasteiger partial charge in [0.15, 0.2) is 6.61 Å². The van der Waals surface area contributed by atoms with Crippen LogP contribution in [0.3, 0.4) is 0 Å². The van der Waals surface area contributed by atoms with E-state index in [4.69, 9.17) is 4.74 Å². The van der Waals surface area contributed by atoms with Crippen molar-refractivity contribution in [1.29, 1.82) is 0 Å². The number of hydrogen-bond donors (Lipinski definition) is 1. The molecular formula is C25H21N3O3. The molecule has 0 aliphatic heterocycles. The predicted octanol–water partition coefficient (Wildman–Crippen LogP) is 4.28. The Bertz CT molecular complexity index is 1220. The molecule has 1 amide bonds. The molecule has 31 heavy (non-hydrogen) atoms. The van der Waals surface area contributed by atoms with E-state index in [1.165, 1.54) is 6.08 Å². The van der Waals surface area contributed by atoms with Gasteiger partial charge in [-0.15, -0.1) is 0 Å². The lowest BCUT2D eigenvalue weighted by molar-refractivity contribution is -0.142. The van der Waals surface area contributed by atoms with Gasteiger partial charge in [0, 0.05) is 28.9 Å². The van der Waals surface area contributed by atoms with Crippen molar-refractivity contribution in [3.8, 4) is 0 Å². The fraction of sp³-hybridized carbons (Fsp3) is 0.0800. The zero-order chi connectivity index (χ0) is 21.5. The maximum atomic E-state index is 12.2. The van der Waals surface area contributed by atoms with E-state index in [9.17, 15) is 9.59 Å². The number of nitrogens with zero attached hydrogens (tertiary/aromatic N) is 2. The molecular weight excluding hydrogens is 390 g/mol. The van der Waals surface area contributed by atoms with Gasteiger partial charge < -0.3 is 10.1 Å². The molecule has 0 aliphatic rings. The van der Waals surface area contributed by atoms with Gasteiger partial charge in [-0.2, -0.15) is 5.10 Å². The third-order valence-corrected chi connectivity index (χ3v) is 4.66. The van der Waals surface area contributed by atoms with Gasteiger partial charge in [-0.05, 0) is 23.1 Å². The molecule has 0 radical (unpaired) electrons. The first-order valence-corrected chi connectivity index (χ1v) is 9.86. The number of fused-ring (bicyclic) bond motifs is 1. The number of benzene rings is 3. The van der Waals surface area contributed by atoms with Crippen LogP contribution in [0.2, 0.25) is 0 Å². The van der Waals surface area contributed by atoms with Crippen LogP contribution in [-0.4, -0.2) is 28.3 Å². The van der Waals surface area contributed by atoms with Gasteiger partial charge in [0.1, 0.15) is 0 Å². The summed E-state index contributed by atoms with van der Waals surface area (Å²) in [6.45, 7) is 0.285. The standard InChI is InChI=1S/C25H21N3O3/c29-24(27-23-12-6-10-21-9-4-5-11-22(21)23)18-31-25(30)14-13-20-15-26-28(17-20)16-19-7-2-1-3-8-19/h1-15,17H,16,18H2,(H,27,29)/b14-13+. The average Bonchev–Trinajstić information content (AvgIpc) is 3.24. The number of nitrogens with one attached hydrogen (secondary N) is 1. The number of amides is 1. The molecule has 1 N–H and O–H groups in total. The van der Waals surface area contributed by atoms with Gasteiger partial charge in [-0.25, -0.2) is 4.79 Å². The molecule has 1 aromatic heterocycles. The van der Waals surface area contributed by atoms with E-state index in [-0.39, 0.29) is 6.61 Å². The van der Waals surface area contributed by atoms with Crippen molar-refractivity contribution >= 4 is 34.4 Å². The number of aromatic nitrogens is 2. The number of rotatable bonds is 7. The molecule has 0 aliphatic carbocycles. The largest absolute Gasteiger partial charge is 0.452 e. The molecule has 1 heterocycles. The highest BCUT2D eigenvalue weighted by atomic mass is 16.5. The summed E-state index contributed by atoms with van der Waals surface area (Å²) >= 11 is 0. The number of esters is 1. The Kier molecular flexibility index (Phi) is 6.18. The fourth-order valence-electron chi connectivity index (χ4n) is 3.19. The van der Waals surface area contributed by atoms with E-state index in [2.05, 4.69) is 10.4 Å². The van der Waals surface area contributed by atoms with Gasteiger partial charge in [0.25, 0.3) is 5.91 Å². The van der Waals surface area contributed by atoms with Crippen LogP contribution in [0, 0.1) is 0 Å². The molecule has 6 heteroatoms. The molecule has 0 saturated carbocycles. The van der Waals surface area contributed by atoms with Gasteiger partial charge >= 0.3 is 5.97 Å². The first-order chi connectivity index (χ1) is 15.2. The predicted molar refractivity (Wildman–Crippen MR) is 120 cm³/mol. The first-order valence-electron chi connectivity index (χ1n) is 9.86. The van der Waals surface area contributed by atoms with Crippen LogP contribution in [0.25, 0.3) is 16.8 Å². The summed E-state index contributed by atoms with van der Waals surface area (Å²) in [5, 5.41) is 9.02. The normalized spacial score (nSPS) is 11.0. The highest BCUT2D eigenvalue weighted by Gasteiger charge is 2.08. The number of carbonyl (C=O) groups excluding carboxylic acids is 2. The Morgan fingerprint density at radius 3 is 2.61 bits per heavy atom. The molecule has 4 aromatic rings. The quantitative estimate of drug-likeness (QED) is 0.364. The highest BCUT2D eigenvalue weighted by molar-refractivity contribution is 6.03. The number of hydrogen-bond acceptors (Lipinski definition) is 4. The van der Waals surface area contributed by atoms with Crippen LogP contribution >= 0.6 is 0 Å². The van der Waals surface area contributed by atoms with Crippen molar-refractivity contribution < 1.29 is 14.3 Å². The van der Waals surface area contributed by atoms with E-state index in [1.54, 1.807) is 17.0 Å². The highest BCUT2D eigenvalue weighted by Crippen LogP contribution is 2.22. The second-order valence-corrected chi connectivity index (χ2v) is 6.97. The van der Waals surface area contributed by atoms with Crippen molar-refractivity contribution in [2.24, 2.45) is 0 Å². The van der Waals surface area contributed by atoms with Crippen molar-refractivity contribution in [3.63, 3.8) is 0 Å². The van der Waals surface area contributed by atoms with E-state index in [0.717, 1.165) is 21.9 Å². The third kappa shape index (κ3) is 5.45. The fourth-order valence-corrected chi connectivity index (χ4v) is 3.19. The average molecular weight is 411 g/mol. The number of ether oxygens (including phenoxy) is 1. The van der Waals surface area contributed by atoms with E-state index in [1.807, 2.05) is 79.0 Å². The molecule has 4 rings (SSSR count). The minimum absolute atomic E-state index is 0.361. The topological polar surface area (TPSA) is 73.2 Å². The lowest BCUT2D eigenvalue weighted by Gasteiger charge is -2.08. The molecule has 154 valence electrons. The lowest BCUT2D eigenvalue weighted by Crippen LogP contribution is -2.20. The molecule has 0 bridgehead atoms. The molecule has 0 spiro atoms. The summed E-state index contributed by atoms with van der Waals surface area (Å²) in [5.74, 6) is -0.988. The van der Waals surface area contributed by atoms with Crippen LogP contribution in [0.4, 0.5) is 5.69 Å². The zero-order valence-electron chi connectivity index (χ0n) is 16.8. The molecule has 3 aromatic carbocycles. The van der Waals surface area contributed by atoms with Gasteiger partial charge in [0.05, 0.1) is 12.7 Å². The second-order valence-electron chi connectivity index (χ2n) is 6.97. The Morgan fingerprint density at radius 2 is 1.74 bits per heavy atom. The maximum Gasteiger partial charge on any atom is 0.331 e. The van der Waals surface area contributed by atoms with E-state index < -0.39 is 11.9 Å². The van der Waals surface area contributed by atoms with Crippen LogP contribution < -0.4 is 5.32 Å². The number of carbonyl (C=O) groups is 2. The smallest absolute Gasteiger partial charge is 0.331 e. The van der Waals surface area contributed by atoms with Crippen molar-refractivity contribution in [2.75, 3.05) is 11.9 Å². The minimum atomic E-state index is -0.594. The summed E-state index contributed by atoms with van der Waals surface area (Å²) in [5.41, 5.74) is 2.59. The van der Waals surface area contributed by atoms with Crippen LogP contribution in [-0.2, 0) is 20.9 Å². The van der Waals surface area contributed by atoms with Gasteiger partial charge in [0.2, 0.25) is 0 Å². The zero-order valence-corrected chi connectivity index (χ0v) is 16.8. The molecule has 0 saturated heterocycles. The SMILES string of the molecule is O=C(COC(=O)/C=C/c1cnn(Cc2ccccc2)c1)Nc1cccc2ccccc12. The third-order valence-electron chi connectivity index (χ3n) is 4.66. The Balaban J connectivity index is 1.28. The van der Waals surface area contributed by atoms with Gasteiger partial charge in [-0.3, -0.25) is 9.48 Å². The Hall–Kier alpha value is -4.19. The summed E-state index contributed by atoms with van der Waals surface area (Å²) in [4.78, 5) is 24.2. The Morgan fingerprint density at radius 1 is 0.968 bits per heavy atom. The Labute approximate surface area is 179 Å². The molecule has 0 fully saturated rings. The second kappa shape index (κ2) is 9.54. The monoisotopic (exact) mass is 411 g/mol. The summed E-state index contributed by atoms with van der Waals surface area (Å²) < 4.78 is 6.84. The lowest BCUT2D eigenvalue weighted by atomic mass is 10.1. The molecule has 0 unspecified atom stereocenters. The van der Waals surface area contributed by atoms with E-state index >= 15 is 0 Å². The maximum absolute atomic E-state index is 12.2. The van der Waals surface area contributed by atoms with Crippen molar-refractivity contribution in [1.82, 2.24) is 9.78 Å². The van der Waals surface area contributed by atoms with Crippen LogP contribution in [0.1, 0.15) is 11.1 Å². The first kappa shape index (κ1) is 20.1. The summed E-state index contributed by atoms with van der Waals surface area (Å²) in [6, 6.07) is 23.4. The van der Waals surface area contributed by atoms with Crippen LogP contribution in [0.5, 0.6) is 0 Å². The molecule has 6 nitrogen and oxygen atoms in total. The number of anilines is 1. The van der Waals surface area contributed by atoms with E-state index in [0.29, 0.717) is 12.2 Å². The van der Waals surface area contributed by atoms with Crippen molar-refractivity contribution in [2.45, 2.75) is 6.54 Å². The van der Waals surface area contributed by atoms with Crippen LogP contribution in [0.15, 0.2) is 91.3 Å². The van der Waals surface area contributed by atoms with Gasteiger partial charge in [-0.1, -0.05) is 66.7 Å². The molecule has 0 atom stereocenters. The summed E-state index contributed by atoms with van der Waals surface area (Å²) in [7, 11) is 0.